The first-order chi connectivity index (χ1) is 14.0. The Kier molecular flexibility index (Phi) is 3.92. The molecule has 3 N–H and O–H groups in total. The van der Waals surface area contributed by atoms with Crippen molar-refractivity contribution < 1.29 is 13.9 Å². The van der Waals surface area contributed by atoms with Gasteiger partial charge in [-0.05, 0) is 36.7 Å². The van der Waals surface area contributed by atoms with E-state index in [4.69, 9.17) is 20.8 Å². The molecule has 3 aromatic heterocycles. The summed E-state index contributed by atoms with van der Waals surface area (Å²) in [4.78, 5) is 34.6. The van der Waals surface area contributed by atoms with Crippen molar-refractivity contribution in [2.45, 2.75) is 13.0 Å². The Labute approximate surface area is 168 Å². The molecule has 1 amide bonds. The van der Waals surface area contributed by atoms with Crippen LogP contribution in [0.3, 0.4) is 0 Å². The molecule has 0 fully saturated rings. The summed E-state index contributed by atoms with van der Waals surface area (Å²) < 4.78 is 11.4. The van der Waals surface area contributed by atoms with Crippen molar-refractivity contribution in [2.24, 2.45) is 0 Å². The first-order valence-electron chi connectivity index (χ1n) is 8.83. The van der Waals surface area contributed by atoms with Crippen molar-refractivity contribution in [1.29, 1.82) is 0 Å². The predicted octanol–water partition coefficient (Wildman–Crippen LogP) is 3.05. The molecule has 5 rings (SSSR count). The van der Waals surface area contributed by atoms with Gasteiger partial charge >= 0.3 is 0 Å². The van der Waals surface area contributed by atoms with E-state index in [1.165, 1.54) is 6.07 Å². The number of nitrogens with one attached hydrogen (secondary N) is 3. The van der Waals surface area contributed by atoms with Gasteiger partial charge in [-0.25, -0.2) is 4.98 Å². The number of benzene rings is 1. The zero-order valence-corrected chi connectivity index (χ0v) is 15.8. The molecule has 1 aliphatic heterocycles. The minimum absolute atomic E-state index is 0.0263. The molecule has 29 heavy (non-hydrogen) atoms. The predicted molar refractivity (Wildman–Crippen MR) is 107 cm³/mol. The number of amides is 1. The van der Waals surface area contributed by atoms with Gasteiger partial charge in [0.05, 0.1) is 22.7 Å². The fourth-order valence-corrected chi connectivity index (χ4v) is 3.51. The molecule has 0 spiro atoms. The maximum absolute atomic E-state index is 12.4. The van der Waals surface area contributed by atoms with Gasteiger partial charge in [0.25, 0.3) is 11.5 Å². The van der Waals surface area contributed by atoms with Gasteiger partial charge in [-0.3, -0.25) is 14.6 Å². The van der Waals surface area contributed by atoms with Crippen LogP contribution in [-0.4, -0.2) is 33.4 Å². The molecule has 4 heterocycles. The molecule has 0 bridgehead atoms. The van der Waals surface area contributed by atoms with Crippen molar-refractivity contribution in [2.75, 3.05) is 11.9 Å². The van der Waals surface area contributed by atoms with Crippen molar-refractivity contribution >= 4 is 45.1 Å². The molecule has 0 saturated heterocycles. The smallest absolute Gasteiger partial charge is 0.289 e. The third-order valence-electron chi connectivity index (χ3n) is 4.56. The number of carbonyl (C=O) groups is 1. The molecular weight excluding hydrogens is 398 g/mol. The number of fused-ring (bicyclic) bond motifs is 5. The van der Waals surface area contributed by atoms with E-state index in [0.29, 0.717) is 23.3 Å². The van der Waals surface area contributed by atoms with Crippen molar-refractivity contribution in [3.8, 4) is 11.8 Å². The number of ether oxygens (including phenoxy) is 1. The normalized spacial score (nSPS) is 16.2. The number of H-pyrrole nitrogens is 1. The highest BCUT2D eigenvalue weighted by atomic mass is 35.5. The molecule has 0 radical (unpaired) electrons. The second-order valence-electron chi connectivity index (χ2n) is 6.69. The molecule has 10 heteroatoms. The fraction of sp³-hybridized carbons (Fsp3) is 0.158. The number of anilines is 1. The summed E-state index contributed by atoms with van der Waals surface area (Å²) in [5.41, 5.74) is 1.43. The van der Waals surface area contributed by atoms with E-state index in [1.807, 2.05) is 13.0 Å². The highest BCUT2D eigenvalue weighted by Gasteiger charge is 2.26. The van der Waals surface area contributed by atoms with Crippen LogP contribution in [0.15, 0.2) is 39.5 Å². The first kappa shape index (κ1) is 17.5. The quantitative estimate of drug-likeness (QED) is 0.433. The summed E-state index contributed by atoms with van der Waals surface area (Å²) in [5, 5.41) is 7.66. The maximum Gasteiger partial charge on any atom is 0.289 e. The summed E-state index contributed by atoms with van der Waals surface area (Å²) >= 11 is 5.75. The second-order valence-corrected chi connectivity index (χ2v) is 7.05. The van der Waals surface area contributed by atoms with Crippen molar-refractivity contribution in [3.63, 3.8) is 0 Å². The minimum Gasteiger partial charge on any atom is -0.449 e. The topological polar surface area (TPSA) is 122 Å². The van der Waals surface area contributed by atoms with E-state index in [0.717, 1.165) is 10.8 Å². The third kappa shape index (κ3) is 3.05. The number of aromatic amines is 1. The average molecular weight is 412 g/mol. The number of hydrogen-bond acceptors (Lipinski definition) is 7. The Balaban J connectivity index is 1.61. The summed E-state index contributed by atoms with van der Waals surface area (Å²) in [6.07, 6.45) is 0. The molecule has 0 aliphatic carbocycles. The molecule has 1 unspecified atom stereocenters. The lowest BCUT2D eigenvalue weighted by molar-refractivity contribution is 0.0920. The monoisotopic (exact) mass is 411 g/mol. The number of furan rings is 1. The Morgan fingerprint density at radius 2 is 2.03 bits per heavy atom. The summed E-state index contributed by atoms with van der Waals surface area (Å²) in [5.74, 6) is 0.280. The van der Waals surface area contributed by atoms with Crippen LogP contribution in [0.1, 0.15) is 17.5 Å². The highest BCUT2D eigenvalue weighted by Crippen LogP contribution is 2.37. The lowest BCUT2D eigenvalue weighted by Crippen LogP contribution is -2.34. The van der Waals surface area contributed by atoms with E-state index in [-0.39, 0.29) is 34.8 Å². The Hall–Kier alpha value is -3.59. The number of nitrogens with zero attached hydrogens (tertiary/aromatic N) is 2. The average Bonchev–Trinajstić information content (AvgIpc) is 2.98. The Bertz CT molecular complexity index is 1350. The van der Waals surface area contributed by atoms with Gasteiger partial charge in [0.15, 0.2) is 0 Å². The molecule has 146 valence electrons. The summed E-state index contributed by atoms with van der Waals surface area (Å²) in [6, 6.07) is 8.15. The van der Waals surface area contributed by atoms with E-state index in [2.05, 4.69) is 25.6 Å². The zero-order valence-electron chi connectivity index (χ0n) is 15.1. The molecule has 1 aromatic carbocycles. The maximum atomic E-state index is 12.4. The van der Waals surface area contributed by atoms with Crippen LogP contribution >= 0.6 is 11.6 Å². The zero-order chi connectivity index (χ0) is 20.1. The molecular formula is C19H14ClN5O4. The van der Waals surface area contributed by atoms with E-state index < -0.39 is 5.56 Å². The highest BCUT2D eigenvalue weighted by molar-refractivity contribution is 6.28. The summed E-state index contributed by atoms with van der Waals surface area (Å²) in [7, 11) is 0. The van der Waals surface area contributed by atoms with Crippen LogP contribution in [0.4, 0.5) is 5.69 Å². The van der Waals surface area contributed by atoms with Gasteiger partial charge in [-0.2, -0.15) is 4.98 Å². The van der Waals surface area contributed by atoms with Gasteiger partial charge in [0.2, 0.25) is 22.8 Å². The second kappa shape index (κ2) is 6.49. The fourth-order valence-electron chi connectivity index (χ4n) is 3.33. The van der Waals surface area contributed by atoms with Crippen LogP contribution in [-0.2, 0) is 0 Å². The lowest BCUT2D eigenvalue weighted by atomic mass is 10.1. The molecule has 1 atom stereocenters. The van der Waals surface area contributed by atoms with Gasteiger partial charge in [0.1, 0.15) is 5.58 Å². The van der Waals surface area contributed by atoms with Crippen LogP contribution < -0.4 is 20.9 Å². The van der Waals surface area contributed by atoms with Gasteiger partial charge < -0.3 is 19.8 Å². The molecule has 1 aliphatic rings. The number of rotatable bonds is 2. The lowest BCUT2D eigenvalue weighted by Gasteiger charge is -2.09. The van der Waals surface area contributed by atoms with Crippen LogP contribution in [0.25, 0.3) is 21.9 Å². The number of hydrogen-bond donors (Lipinski definition) is 3. The molecule has 0 saturated carbocycles. The van der Waals surface area contributed by atoms with Crippen molar-refractivity contribution in [1.82, 2.24) is 20.3 Å². The summed E-state index contributed by atoms with van der Waals surface area (Å²) in [6.45, 7) is 2.49. The van der Waals surface area contributed by atoms with Gasteiger partial charge in [-0.15, -0.1) is 0 Å². The van der Waals surface area contributed by atoms with Crippen LogP contribution in [0, 0.1) is 0 Å². The number of aromatic nitrogens is 3. The largest absolute Gasteiger partial charge is 0.449 e. The van der Waals surface area contributed by atoms with E-state index in [1.54, 1.807) is 18.2 Å². The van der Waals surface area contributed by atoms with Gasteiger partial charge in [0, 0.05) is 24.0 Å². The Morgan fingerprint density at radius 3 is 2.86 bits per heavy atom. The number of pyridine rings is 1. The van der Waals surface area contributed by atoms with Gasteiger partial charge in [-0.1, -0.05) is 0 Å². The first-order valence-corrected chi connectivity index (χ1v) is 9.21. The van der Waals surface area contributed by atoms with E-state index >= 15 is 0 Å². The SMILES string of the molecule is CC1CNc2c(oc3ccc4nc(Oc5cc(=O)[nH]c(Cl)n5)ccc4c23)C(=O)N1. The Morgan fingerprint density at radius 1 is 1.17 bits per heavy atom. The molecule has 9 nitrogen and oxygen atoms in total. The number of carbonyl (C=O) groups excluding carboxylic acids is 1. The third-order valence-corrected chi connectivity index (χ3v) is 4.74. The standard InChI is InChI=1S/C19H14ClN5O4/c1-8-7-21-16-15-9-2-5-13(29-14-6-12(26)24-19(20)25-14)23-10(9)3-4-11(15)28-17(16)18(27)22-8/h2-6,8,21H,7H2,1H3,(H,22,27)(H,24,25,26). The number of halogens is 1. The minimum atomic E-state index is -0.429. The molecule has 4 aromatic rings. The van der Waals surface area contributed by atoms with Crippen LogP contribution in [0.5, 0.6) is 11.8 Å². The van der Waals surface area contributed by atoms with Crippen molar-refractivity contribution in [3.05, 3.63) is 51.7 Å². The van der Waals surface area contributed by atoms with E-state index in [9.17, 15) is 9.59 Å². The van der Waals surface area contributed by atoms with Crippen LogP contribution in [0.2, 0.25) is 5.28 Å².